The number of hydrogen-bond acceptors (Lipinski definition) is 2. The smallest absolute Gasteiger partial charge is 0.253 e. The van der Waals surface area contributed by atoms with E-state index in [4.69, 9.17) is 11.6 Å². The summed E-state index contributed by atoms with van der Waals surface area (Å²) in [5, 5.41) is 0. The van der Waals surface area contributed by atoms with Gasteiger partial charge in [-0.3, -0.25) is 9.69 Å². The zero-order valence-corrected chi connectivity index (χ0v) is 12.5. The van der Waals surface area contributed by atoms with Crippen LogP contribution in [0.5, 0.6) is 0 Å². The van der Waals surface area contributed by atoms with Crippen molar-refractivity contribution in [3.8, 4) is 0 Å². The van der Waals surface area contributed by atoms with Gasteiger partial charge in [0, 0.05) is 48.6 Å². The molecule has 0 aliphatic carbocycles. The van der Waals surface area contributed by atoms with E-state index in [-0.39, 0.29) is 5.91 Å². The topological polar surface area (TPSA) is 23.6 Å². The van der Waals surface area contributed by atoms with E-state index < -0.39 is 0 Å². The Kier molecular flexibility index (Phi) is 5.03. The maximum atomic E-state index is 12.3. The third kappa shape index (κ3) is 3.46. The molecule has 3 nitrogen and oxygen atoms in total. The van der Waals surface area contributed by atoms with Crippen molar-refractivity contribution in [1.29, 1.82) is 0 Å². The summed E-state index contributed by atoms with van der Waals surface area (Å²) in [6, 6.07) is 7.54. The van der Waals surface area contributed by atoms with Gasteiger partial charge in [0.2, 0.25) is 0 Å². The molecular formula is C13H16BrClN2O. The van der Waals surface area contributed by atoms with Gasteiger partial charge in [-0.25, -0.2) is 0 Å². The molecule has 0 unspecified atom stereocenters. The number of amides is 1. The van der Waals surface area contributed by atoms with E-state index in [2.05, 4.69) is 20.8 Å². The lowest BCUT2D eigenvalue weighted by Crippen LogP contribution is -2.49. The van der Waals surface area contributed by atoms with Crippen molar-refractivity contribution in [2.45, 2.75) is 0 Å². The van der Waals surface area contributed by atoms with E-state index in [0.29, 0.717) is 5.88 Å². The lowest BCUT2D eigenvalue weighted by Gasteiger charge is -2.34. The van der Waals surface area contributed by atoms with Crippen molar-refractivity contribution in [3.63, 3.8) is 0 Å². The average molecular weight is 332 g/mol. The minimum absolute atomic E-state index is 0.113. The molecule has 1 amide bonds. The van der Waals surface area contributed by atoms with E-state index in [1.165, 1.54) is 0 Å². The number of piperazine rings is 1. The Morgan fingerprint density at radius 2 is 2.00 bits per heavy atom. The van der Waals surface area contributed by atoms with Crippen molar-refractivity contribution < 1.29 is 4.79 Å². The van der Waals surface area contributed by atoms with Crippen molar-refractivity contribution in [1.82, 2.24) is 9.80 Å². The van der Waals surface area contributed by atoms with E-state index in [1.54, 1.807) is 0 Å². The highest BCUT2D eigenvalue weighted by molar-refractivity contribution is 9.10. The minimum atomic E-state index is 0.113. The van der Waals surface area contributed by atoms with Gasteiger partial charge in [0.1, 0.15) is 0 Å². The monoisotopic (exact) mass is 330 g/mol. The molecule has 98 valence electrons. The molecule has 1 aromatic rings. The molecule has 0 spiro atoms. The number of hydrogen-bond donors (Lipinski definition) is 0. The van der Waals surface area contributed by atoms with E-state index in [1.807, 2.05) is 29.2 Å². The fourth-order valence-corrected chi connectivity index (χ4v) is 2.74. The molecular weight excluding hydrogens is 316 g/mol. The third-order valence-electron chi connectivity index (χ3n) is 3.13. The highest BCUT2D eigenvalue weighted by Crippen LogP contribution is 2.14. The van der Waals surface area contributed by atoms with E-state index in [0.717, 1.165) is 42.8 Å². The number of alkyl halides is 1. The van der Waals surface area contributed by atoms with Gasteiger partial charge in [-0.2, -0.15) is 0 Å². The van der Waals surface area contributed by atoms with Gasteiger partial charge in [-0.15, -0.1) is 11.6 Å². The molecule has 1 aliphatic heterocycles. The molecule has 5 heteroatoms. The van der Waals surface area contributed by atoms with Crippen LogP contribution in [0.3, 0.4) is 0 Å². The first kappa shape index (κ1) is 13.8. The summed E-state index contributed by atoms with van der Waals surface area (Å²) in [6.45, 7) is 4.28. The minimum Gasteiger partial charge on any atom is -0.336 e. The predicted octanol–water partition coefficient (Wildman–Crippen LogP) is 2.45. The molecule has 1 heterocycles. The van der Waals surface area contributed by atoms with Crippen LogP contribution in [0.4, 0.5) is 0 Å². The summed E-state index contributed by atoms with van der Waals surface area (Å²) in [5.74, 6) is 0.765. The standard InChI is InChI=1S/C13H16BrClN2O/c14-12-3-1-2-11(10-12)13(18)17-8-6-16(5-4-15)7-9-17/h1-3,10H,4-9H2. The SMILES string of the molecule is O=C(c1cccc(Br)c1)N1CCN(CCCl)CC1. The van der Waals surface area contributed by atoms with Gasteiger partial charge >= 0.3 is 0 Å². The van der Waals surface area contributed by atoms with Gasteiger partial charge in [0.15, 0.2) is 0 Å². The second kappa shape index (κ2) is 6.55. The summed E-state index contributed by atoms with van der Waals surface area (Å²) in [5.41, 5.74) is 0.746. The Morgan fingerprint density at radius 3 is 2.61 bits per heavy atom. The van der Waals surface area contributed by atoms with Crippen LogP contribution in [0.2, 0.25) is 0 Å². The Bertz CT molecular complexity index is 419. The molecule has 0 N–H and O–H groups in total. The Hall–Kier alpha value is -0.580. The lowest BCUT2D eigenvalue weighted by atomic mass is 10.2. The van der Waals surface area contributed by atoms with Crippen molar-refractivity contribution in [2.24, 2.45) is 0 Å². The first-order valence-corrected chi connectivity index (χ1v) is 7.36. The Morgan fingerprint density at radius 1 is 1.28 bits per heavy atom. The first-order valence-electron chi connectivity index (χ1n) is 6.04. The van der Waals surface area contributed by atoms with Gasteiger partial charge < -0.3 is 4.90 Å². The number of nitrogens with zero attached hydrogens (tertiary/aromatic N) is 2. The molecule has 1 aliphatic rings. The molecule has 0 bridgehead atoms. The van der Waals surface area contributed by atoms with Gasteiger partial charge in [-0.05, 0) is 18.2 Å². The molecule has 1 saturated heterocycles. The summed E-state index contributed by atoms with van der Waals surface area (Å²) >= 11 is 9.11. The molecule has 0 radical (unpaired) electrons. The molecule has 2 rings (SSSR count). The lowest BCUT2D eigenvalue weighted by molar-refractivity contribution is 0.0644. The average Bonchev–Trinajstić information content (AvgIpc) is 2.39. The summed E-state index contributed by atoms with van der Waals surface area (Å²) in [6.07, 6.45) is 0. The molecule has 0 aromatic heterocycles. The molecule has 1 aromatic carbocycles. The highest BCUT2D eigenvalue weighted by atomic mass is 79.9. The van der Waals surface area contributed by atoms with Crippen LogP contribution in [0.1, 0.15) is 10.4 Å². The fourth-order valence-electron chi connectivity index (χ4n) is 2.10. The van der Waals surface area contributed by atoms with Crippen LogP contribution in [0.25, 0.3) is 0 Å². The molecule has 0 atom stereocenters. The predicted molar refractivity (Wildman–Crippen MR) is 77.2 cm³/mol. The number of rotatable bonds is 3. The van der Waals surface area contributed by atoms with Crippen molar-refractivity contribution in [2.75, 3.05) is 38.6 Å². The quantitative estimate of drug-likeness (QED) is 0.794. The second-order valence-corrected chi connectivity index (χ2v) is 5.63. The number of halogens is 2. The van der Waals surface area contributed by atoms with Gasteiger partial charge in [0.25, 0.3) is 5.91 Å². The normalized spacial score (nSPS) is 16.9. The van der Waals surface area contributed by atoms with Crippen molar-refractivity contribution in [3.05, 3.63) is 34.3 Å². The Balaban J connectivity index is 1.95. The Labute approximate surface area is 121 Å². The first-order chi connectivity index (χ1) is 8.70. The van der Waals surface area contributed by atoms with Crippen LogP contribution < -0.4 is 0 Å². The summed E-state index contributed by atoms with van der Waals surface area (Å²) in [7, 11) is 0. The zero-order chi connectivity index (χ0) is 13.0. The second-order valence-electron chi connectivity index (χ2n) is 4.33. The van der Waals surface area contributed by atoms with Crippen LogP contribution in [-0.4, -0.2) is 54.3 Å². The molecule has 1 fully saturated rings. The fraction of sp³-hybridized carbons (Fsp3) is 0.462. The largest absolute Gasteiger partial charge is 0.336 e. The molecule has 18 heavy (non-hydrogen) atoms. The maximum Gasteiger partial charge on any atom is 0.253 e. The van der Waals surface area contributed by atoms with E-state index in [9.17, 15) is 4.79 Å². The van der Waals surface area contributed by atoms with Crippen LogP contribution >= 0.6 is 27.5 Å². The van der Waals surface area contributed by atoms with Crippen molar-refractivity contribution >= 4 is 33.4 Å². The zero-order valence-electron chi connectivity index (χ0n) is 10.1. The third-order valence-corrected chi connectivity index (χ3v) is 3.79. The highest BCUT2D eigenvalue weighted by Gasteiger charge is 2.21. The summed E-state index contributed by atoms with van der Waals surface area (Å²) in [4.78, 5) is 16.5. The van der Waals surface area contributed by atoms with Gasteiger partial charge in [0.05, 0.1) is 0 Å². The molecule has 0 saturated carbocycles. The number of carbonyl (C=O) groups excluding carboxylic acids is 1. The van der Waals surface area contributed by atoms with Gasteiger partial charge in [-0.1, -0.05) is 22.0 Å². The number of benzene rings is 1. The van der Waals surface area contributed by atoms with Crippen LogP contribution in [-0.2, 0) is 0 Å². The number of carbonyl (C=O) groups is 1. The van der Waals surface area contributed by atoms with E-state index >= 15 is 0 Å². The van der Waals surface area contributed by atoms with Crippen LogP contribution in [0, 0.1) is 0 Å². The summed E-state index contributed by atoms with van der Waals surface area (Å²) < 4.78 is 0.939. The van der Waals surface area contributed by atoms with Crippen LogP contribution in [0.15, 0.2) is 28.7 Å². The maximum absolute atomic E-state index is 12.3.